The molecule has 4 heterocycles. The van der Waals surface area contributed by atoms with E-state index in [0.29, 0.717) is 16.7 Å². The van der Waals surface area contributed by atoms with Gasteiger partial charge in [0.05, 0.1) is 36.3 Å². The monoisotopic (exact) mass is 441 g/mol. The summed E-state index contributed by atoms with van der Waals surface area (Å²) < 4.78 is 6.82. The number of nitrogens with one attached hydrogen (secondary N) is 1. The Morgan fingerprint density at radius 3 is 2.80 bits per heavy atom. The van der Waals surface area contributed by atoms with Gasteiger partial charge in [0.2, 0.25) is 0 Å². The molecule has 0 amide bonds. The van der Waals surface area contributed by atoms with Crippen LogP contribution in [0.4, 0.5) is 0 Å². The molecular weight excluding hydrogens is 422 g/mol. The number of hydrogen-bond acceptors (Lipinski definition) is 5. The van der Waals surface area contributed by atoms with Gasteiger partial charge in [-0.1, -0.05) is 17.7 Å². The number of methoxy groups -OCH3 is 1. The molecule has 0 radical (unpaired) electrons. The van der Waals surface area contributed by atoms with Gasteiger partial charge < -0.3 is 19.5 Å². The molecule has 30 heavy (non-hydrogen) atoms. The summed E-state index contributed by atoms with van der Waals surface area (Å²) in [4.78, 5) is 22.8. The van der Waals surface area contributed by atoms with E-state index in [4.69, 9.17) is 28.6 Å². The second kappa shape index (κ2) is 8.81. The minimum Gasteiger partial charge on any atom is -0.469 e. The molecule has 154 valence electrons. The summed E-state index contributed by atoms with van der Waals surface area (Å²) in [7, 11) is 1.38. The van der Waals surface area contributed by atoms with E-state index in [0.717, 1.165) is 17.2 Å². The first-order valence-corrected chi connectivity index (χ1v) is 10.2. The molecule has 1 fully saturated rings. The van der Waals surface area contributed by atoms with Crippen LogP contribution >= 0.6 is 23.8 Å². The van der Waals surface area contributed by atoms with Crippen molar-refractivity contribution in [2.24, 2.45) is 0 Å². The average Bonchev–Trinajstić information content (AvgIpc) is 3.37. The molecule has 0 aromatic carbocycles. The number of carbonyl (C=O) groups excluding carboxylic acids is 1. The van der Waals surface area contributed by atoms with Gasteiger partial charge in [0.1, 0.15) is 5.82 Å². The number of rotatable bonds is 6. The highest BCUT2D eigenvalue weighted by molar-refractivity contribution is 7.80. The van der Waals surface area contributed by atoms with Gasteiger partial charge in [-0.3, -0.25) is 9.78 Å². The number of ether oxygens (including phenoxy) is 1. The summed E-state index contributed by atoms with van der Waals surface area (Å²) in [6, 6.07) is 13.1. The van der Waals surface area contributed by atoms with Gasteiger partial charge in [-0.2, -0.15) is 0 Å². The molecule has 3 aromatic heterocycles. The van der Waals surface area contributed by atoms with Crippen LogP contribution in [0.15, 0.2) is 61.1 Å². The van der Waals surface area contributed by atoms with Crippen LogP contribution in [0.1, 0.15) is 29.9 Å². The van der Waals surface area contributed by atoms with E-state index in [1.807, 2.05) is 52.1 Å². The topological polar surface area (TPSA) is 72.3 Å². The maximum atomic E-state index is 11.8. The Morgan fingerprint density at radius 2 is 2.10 bits per heavy atom. The number of hydrogen-bond donors (Lipinski definition) is 1. The number of esters is 1. The van der Waals surface area contributed by atoms with E-state index >= 15 is 0 Å². The quantitative estimate of drug-likeness (QED) is 0.464. The Kier molecular flexibility index (Phi) is 5.96. The van der Waals surface area contributed by atoms with Crippen LogP contribution in [0.3, 0.4) is 0 Å². The Balaban J connectivity index is 1.75. The molecule has 0 saturated carbocycles. The van der Waals surface area contributed by atoms with Crippen molar-refractivity contribution in [1.82, 2.24) is 24.8 Å². The predicted molar refractivity (Wildman–Crippen MR) is 117 cm³/mol. The molecule has 9 heteroatoms. The molecule has 0 unspecified atom stereocenters. The zero-order valence-corrected chi connectivity index (χ0v) is 17.8. The summed E-state index contributed by atoms with van der Waals surface area (Å²) in [5.74, 6) is 0.456. The lowest BCUT2D eigenvalue weighted by Gasteiger charge is -2.28. The van der Waals surface area contributed by atoms with Gasteiger partial charge in [0, 0.05) is 30.8 Å². The number of aromatic nitrogens is 3. The fourth-order valence-electron chi connectivity index (χ4n) is 3.64. The second-order valence-corrected chi connectivity index (χ2v) is 7.61. The van der Waals surface area contributed by atoms with Crippen molar-refractivity contribution in [2.45, 2.75) is 18.5 Å². The number of halogens is 1. The van der Waals surface area contributed by atoms with Crippen LogP contribution in [-0.4, -0.2) is 44.2 Å². The third kappa shape index (κ3) is 4.01. The SMILES string of the molecule is COC(=O)CCN1C(=S)N[C@H](c2ccccn2)[C@H]1c1cccn1-c1ccc(Cl)cn1. The molecule has 0 spiro atoms. The predicted octanol–water partition coefficient (Wildman–Crippen LogP) is 3.46. The summed E-state index contributed by atoms with van der Waals surface area (Å²) in [6.45, 7) is 0.422. The van der Waals surface area contributed by atoms with Crippen molar-refractivity contribution in [1.29, 1.82) is 0 Å². The van der Waals surface area contributed by atoms with Crippen LogP contribution in [0.5, 0.6) is 0 Å². The molecular formula is C21H20ClN5O2S. The lowest BCUT2D eigenvalue weighted by atomic mass is 10.0. The van der Waals surface area contributed by atoms with Crippen molar-refractivity contribution < 1.29 is 9.53 Å². The van der Waals surface area contributed by atoms with Gasteiger partial charge in [-0.25, -0.2) is 4.98 Å². The van der Waals surface area contributed by atoms with Crippen molar-refractivity contribution in [3.8, 4) is 5.82 Å². The number of thiocarbonyl (C=S) groups is 1. The van der Waals surface area contributed by atoms with Crippen molar-refractivity contribution in [3.63, 3.8) is 0 Å². The molecule has 4 rings (SSSR count). The standard InChI is InChI=1S/C21H20ClN5O2S/c1-29-18(28)9-12-27-20(19(25-21(27)30)15-5-2-3-10-23-15)16-6-4-11-26(16)17-8-7-14(22)13-24-17/h2-8,10-11,13,19-20H,9,12H2,1H3,(H,25,30)/t19-,20-/m1/s1. The minimum absolute atomic E-state index is 0.183. The Hall–Kier alpha value is -2.97. The van der Waals surface area contributed by atoms with Crippen LogP contribution in [-0.2, 0) is 9.53 Å². The third-order valence-corrected chi connectivity index (χ3v) is 5.60. The van der Waals surface area contributed by atoms with E-state index in [-0.39, 0.29) is 24.5 Å². The molecule has 1 aliphatic rings. The van der Waals surface area contributed by atoms with E-state index < -0.39 is 0 Å². The van der Waals surface area contributed by atoms with Gasteiger partial charge in [-0.05, 0) is 48.6 Å². The molecule has 2 atom stereocenters. The highest BCUT2D eigenvalue weighted by Crippen LogP contribution is 2.39. The smallest absolute Gasteiger partial charge is 0.307 e. The van der Waals surface area contributed by atoms with Crippen LogP contribution in [0.25, 0.3) is 5.82 Å². The lowest BCUT2D eigenvalue weighted by Crippen LogP contribution is -2.32. The van der Waals surface area contributed by atoms with E-state index in [1.165, 1.54) is 7.11 Å². The molecule has 1 N–H and O–H groups in total. The van der Waals surface area contributed by atoms with Crippen LogP contribution in [0.2, 0.25) is 5.02 Å². The van der Waals surface area contributed by atoms with E-state index in [9.17, 15) is 4.79 Å². The first-order valence-electron chi connectivity index (χ1n) is 9.42. The van der Waals surface area contributed by atoms with Crippen LogP contribution in [0, 0.1) is 0 Å². The second-order valence-electron chi connectivity index (χ2n) is 6.78. The highest BCUT2D eigenvalue weighted by Gasteiger charge is 2.41. The Bertz CT molecular complexity index is 1040. The molecule has 0 bridgehead atoms. The summed E-state index contributed by atoms with van der Waals surface area (Å²) >= 11 is 11.6. The summed E-state index contributed by atoms with van der Waals surface area (Å²) in [5, 5.41) is 4.51. The maximum Gasteiger partial charge on any atom is 0.307 e. The summed E-state index contributed by atoms with van der Waals surface area (Å²) in [5.41, 5.74) is 1.83. The fraction of sp³-hybridized carbons (Fsp3) is 0.238. The normalized spacial score (nSPS) is 18.3. The Morgan fingerprint density at radius 1 is 1.23 bits per heavy atom. The molecule has 1 aliphatic heterocycles. The number of nitrogens with zero attached hydrogens (tertiary/aromatic N) is 4. The van der Waals surface area contributed by atoms with Crippen LogP contribution < -0.4 is 5.32 Å². The number of pyridine rings is 2. The van der Waals surface area contributed by atoms with Gasteiger partial charge in [0.25, 0.3) is 0 Å². The van der Waals surface area contributed by atoms with Crippen molar-refractivity contribution in [3.05, 3.63) is 77.5 Å². The fourth-order valence-corrected chi connectivity index (χ4v) is 4.08. The summed E-state index contributed by atoms with van der Waals surface area (Å²) in [6.07, 6.45) is 5.54. The van der Waals surface area contributed by atoms with Gasteiger partial charge in [-0.15, -0.1) is 0 Å². The van der Waals surface area contributed by atoms with Crippen molar-refractivity contribution >= 4 is 34.9 Å². The van der Waals surface area contributed by atoms with Crippen molar-refractivity contribution in [2.75, 3.05) is 13.7 Å². The molecule has 3 aromatic rings. The minimum atomic E-state index is -0.285. The third-order valence-electron chi connectivity index (χ3n) is 5.02. The molecule has 0 aliphatic carbocycles. The van der Waals surface area contributed by atoms with Gasteiger partial charge >= 0.3 is 5.97 Å². The molecule has 7 nitrogen and oxygen atoms in total. The number of carbonyl (C=O) groups is 1. The van der Waals surface area contributed by atoms with E-state index in [1.54, 1.807) is 18.5 Å². The maximum absolute atomic E-state index is 11.8. The molecule has 1 saturated heterocycles. The lowest BCUT2D eigenvalue weighted by molar-refractivity contribution is -0.140. The first kappa shape index (κ1) is 20.3. The largest absolute Gasteiger partial charge is 0.469 e. The Labute approximate surface area is 184 Å². The average molecular weight is 442 g/mol. The van der Waals surface area contributed by atoms with Gasteiger partial charge in [0.15, 0.2) is 5.11 Å². The highest BCUT2D eigenvalue weighted by atomic mass is 35.5. The van der Waals surface area contributed by atoms with E-state index in [2.05, 4.69) is 15.3 Å². The zero-order chi connectivity index (χ0) is 21.1. The first-order chi connectivity index (χ1) is 14.6. The zero-order valence-electron chi connectivity index (χ0n) is 16.2.